The van der Waals surface area contributed by atoms with E-state index in [1.165, 1.54) is 0 Å². The summed E-state index contributed by atoms with van der Waals surface area (Å²) in [5, 5.41) is 6.73. The minimum Gasteiger partial charge on any atom is -0.497 e. The zero-order valence-corrected chi connectivity index (χ0v) is 17.1. The van der Waals surface area contributed by atoms with Gasteiger partial charge >= 0.3 is 0 Å². The van der Waals surface area contributed by atoms with Crippen LogP contribution in [0.5, 0.6) is 11.5 Å². The normalized spacial score (nSPS) is 11.7. The minimum atomic E-state index is -0.639. The van der Waals surface area contributed by atoms with Crippen molar-refractivity contribution in [3.8, 4) is 22.9 Å². The molecule has 0 aliphatic carbocycles. The van der Waals surface area contributed by atoms with Gasteiger partial charge in [-0.3, -0.25) is 4.79 Å². The number of halogens is 1. The van der Waals surface area contributed by atoms with Crippen LogP contribution in [-0.4, -0.2) is 29.3 Å². The van der Waals surface area contributed by atoms with E-state index in [-0.39, 0.29) is 12.5 Å². The van der Waals surface area contributed by atoms with Crippen LogP contribution in [0.3, 0.4) is 0 Å². The maximum absolute atomic E-state index is 12.5. The zero-order valence-electron chi connectivity index (χ0n) is 15.5. The lowest BCUT2D eigenvalue weighted by Gasteiger charge is -2.17. The highest BCUT2D eigenvalue weighted by Gasteiger charge is 2.19. The smallest absolute Gasteiger partial charge is 0.261 e. The Labute approximate surface area is 171 Å². The molecule has 146 valence electrons. The number of hydrogen-bond donors (Lipinski definition) is 1. The molecule has 2 aromatic carbocycles. The fourth-order valence-corrected chi connectivity index (χ4v) is 2.91. The molecule has 7 nitrogen and oxygen atoms in total. The average molecular weight is 446 g/mol. The molecule has 0 saturated carbocycles. The second-order valence-electron chi connectivity index (χ2n) is 5.93. The molecule has 0 fully saturated rings. The van der Waals surface area contributed by atoms with Crippen LogP contribution < -0.4 is 14.8 Å². The van der Waals surface area contributed by atoms with Crippen molar-refractivity contribution in [2.24, 2.45) is 0 Å². The van der Waals surface area contributed by atoms with Crippen LogP contribution in [0, 0.1) is 0 Å². The van der Waals surface area contributed by atoms with Gasteiger partial charge in [0.15, 0.2) is 6.10 Å². The van der Waals surface area contributed by atoms with Gasteiger partial charge in [-0.15, -0.1) is 0 Å². The number of benzene rings is 2. The third-order valence-corrected chi connectivity index (χ3v) is 4.44. The molecule has 0 spiro atoms. The molecule has 0 saturated heterocycles. The highest BCUT2D eigenvalue weighted by molar-refractivity contribution is 9.10. The van der Waals surface area contributed by atoms with Gasteiger partial charge in [0.2, 0.25) is 11.7 Å². The molecule has 1 heterocycles. The van der Waals surface area contributed by atoms with Crippen molar-refractivity contribution in [1.29, 1.82) is 0 Å². The molecule has 1 N–H and O–H groups in total. The summed E-state index contributed by atoms with van der Waals surface area (Å²) in [7, 11) is 1.58. The van der Waals surface area contributed by atoms with Gasteiger partial charge in [0.1, 0.15) is 11.5 Å². The van der Waals surface area contributed by atoms with Crippen LogP contribution in [0.15, 0.2) is 57.5 Å². The van der Waals surface area contributed by atoms with Crippen molar-refractivity contribution < 1.29 is 18.8 Å². The molecule has 0 radical (unpaired) electrons. The Morgan fingerprint density at radius 1 is 1.21 bits per heavy atom. The molecule has 0 aliphatic rings. The Balaban J connectivity index is 1.59. The predicted molar refractivity (Wildman–Crippen MR) is 107 cm³/mol. The summed E-state index contributed by atoms with van der Waals surface area (Å²) in [6.07, 6.45) is -0.129. The predicted octanol–water partition coefficient (Wildman–Crippen LogP) is 3.98. The molecule has 28 heavy (non-hydrogen) atoms. The summed E-state index contributed by atoms with van der Waals surface area (Å²) in [5.41, 5.74) is 0.823. The first-order valence-corrected chi connectivity index (χ1v) is 9.55. The van der Waals surface area contributed by atoms with Crippen LogP contribution in [0.2, 0.25) is 0 Å². The highest BCUT2D eigenvalue weighted by Crippen LogP contribution is 2.21. The second-order valence-corrected chi connectivity index (χ2v) is 6.85. The van der Waals surface area contributed by atoms with Crippen molar-refractivity contribution in [2.45, 2.75) is 26.0 Å². The van der Waals surface area contributed by atoms with Crippen molar-refractivity contribution in [3.63, 3.8) is 0 Å². The number of aromatic nitrogens is 2. The lowest BCUT2D eigenvalue weighted by atomic mass is 10.2. The standard InChI is InChI=1S/C20H20BrN3O4/c1-3-17(27-16-9-5-8-15(11-16)26-2)20(25)22-12-18-23-19(24-28-18)13-6-4-7-14(21)10-13/h4-11,17H,3,12H2,1-2H3,(H,22,25). The number of nitrogens with one attached hydrogen (secondary N) is 1. The molecule has 1 amide bonds. The van der Waals surface area contributed by atoms with Gasteiger partial charge in [-0.2, -0.15) is 4.98 Å². The molecule has 8 heteroatoms. The number of nitrogens with zero attached hydrogens (tertiary/aromatic N) is 2. The number of carbonyl (C=O) groups excluding carboxylic acids is 1. The van der Waals surface area contributed by atoms with Crippen molar-refractivity contribution in [3.05, 3.63) is 58.9 Å². The Hall–Kier alpha value is -2.87. The molecule has 0 bridgehead atoms. The van der Waals surface area contributed by atoms with E-state index in [4.69, 9.17) is 14.0 Å². The largest absolute Gasteiger partial charge is 0.497 e. The molecule has 1 aromatic heterocycles. The van der Waals surface area contributed by atoms with E-state index in [0.717, 1.165) is 10.0 Å². The van der Waals surface area contributed by atoms with Crippen LogP contribution in [0.4, 0.5) is 0 Å². The van der Waals surface area contributed by atoms with E-state index in [2.05, 4.69) is 31.4 Å². The zero-order chi connectivity index (χ0) is 19.9. The molecule has 0 aliphatic heterocycles. The SMILES string of the molecule is CCC(Oc1cccc(OC)c1)C(=O)NCc1nc(-c2cccc(Br)c2)no1. The lowest BCUT2D eigenvalue weighted by Crippen LogP contribution is -2.37. The summed E-state index contributed by atoms with van der Waals surface area (Å²) in [6.45, 7) is 2.00. The lowest BCUT2D eigenvalue weighted by molar-refractivity contribution is -0.128. The Morgan fingerprint density at radius 3 is 2.75 bits per heavy atom. The monoisotopic (exact) mass is 445 g/mol. The molecular formula is C20H20BrN3O4. The number of carbonyl (C=O) groups is 1. The maximum Gasteiger partial charge on any atom is 0.261 e. The van der Waals surface area contributed by atoms with Crippen molar-refractivity contribution in [2.75, 3.05) is 7.11 Å². The second kappa shape index (κ2) is 9.36. The fraction of sp³-hybridized carbons (Fsp3) is 0.250. The number of hydrogen-bond acceptors (Lipinski definition) is 6. The van der Waals surface area contributed by atoms with Gasteiger partial charge in [-0.1, -0.05) is 46.2 Å². The van der Waals surface area contributed by atoms with Gasteiger partial charge in [-0.05, 0) is 30.7 Å². The number of amides is 1. The molecule has 3 rings (SSSR count). The molecule has 3 aromatic rings. The number of ether oxygens (including phenoxy) is 2. The third kappa shape index (κ3) is 5.10. The fourth-order valence-electron chi connectivity index (χ4n) is 2.51. The van der Waals surface area contributed by atoms with E-state index in [0.29, 0.717) is 29.6 Å². The Bertz CT molecular complexity index is 944. The maximum atomic E-state index is 12.5. The summed E-state index contributed by atoms with van der Waals surface area (Å²) < 4.78 is 17.1. The van der Waals surface area contributed by atoms with E-state index in [1.54, 1.807) is 25.3 Å². The van der Waals surface area contributed by atoms with Gasteiger partial charge < -0.3 is 19.3 Å². The summed E-state index contributed by atoms with van der Waals surface area (Å²) in [4.78, 5) is 16.8. The first kappa shape index (κ1) is 19.9. The van der Waals surface area contributed by atoms with E-state index >= 15 is 0 Å². The Kier molecular flexibility index (Phi) is 6.65. The van der Waals surface area contributed by atoms with Crippen LogP contribution >= 0.6 is 15.9 Å². The average Bonchev–Trinajstić information content (AvgIpc) is 3.19. The summed E-state index contributed by atoms with van der Waals surface area (Å²) in [5.74, 6) is 1.76. The van der Waals surface area contributed by atoms with E-state index in [9.17, 15) is 4.79 Å². The van der Waals surface area contributed by atoms with Crippen LogP contribution in [0.1, 0.15) is 19.2 Å². The van der Waals surface area contributed by atoms with Gasteiger partial charge in [0.05, 0.1) is 13.7 Å². The van der Waals surface area contributed by atoms with Gasteiger partial charge in [0, 0.05) is 16.1 Å². The van der Waals surface area contributed by atoms with Gasteiger partial charge in [-0.25, -0.2) is 0 Å². The Morgan fingerprint density at radius 2 is 2.00 bits per heavy atom. The molecular weight excluding hydrogens is 426 g/mol. The summed E-state index contributed by atoms with van der Waals surface area (Å²) >= 11 is 3.41. The molecule has 1 unspecified atom stereocenters. The van der Waals surface area contributed by atoms with Gasteiger partial charge in [0.25, 0.3) is 5.91 Å². The topological polar surface area (TPSA) is 86.5 Å². The highest BCUT2D eigenvalue weighted by atomic mass is 79.9. The summed E-state index contributed by atoms with van der Waals surface area (Å²) in [6, 6.07) is 14.7. The quantitative estimate of drug-likeness (QED) is 0.564. The van der Waals surface area contributed by atoms with Crippen LogP contribution in [0.25, 0.3) is 11.4 Å². The van der Waals surface area contributed by atoms with Crippen LogP contribution in [-0.2, 0) is 11.3 Å². The minimum absolute atomic E-state index is 0.123. The third-order valence-electron chi connectivity index (χ3n) is 3.95. The molecule has 1 atom stereocenters. The van der Waals surface area contributed by atoms with Crippen molar-refractivity contribution in [1.82, 2.24) is 15.5 Å². The first-order valence-electron chi connectivity index (χ1n) is 8.76. The van der Waals surface area contributed by atoms with E-state index < -0.39 is 6.10 Å². The van der Waals surface area contributed by atoms with Crippen molar-refractivity contribution >= 4 is 21.8 Å². The number of rotatable bonds is 8. The number of methoxy groups -OCH3 is 1. The first-order chi connectivity index (χ1) is 13.6. The van der Waals surface area contributed by atoms with E-state index in [1.807, 2.05) is 37.3 Å².